The summed E-state index contributed by atoms with van der Waals surface area (Å²) in [5, 5.41) is 2.65. The van der Waals surface area contributed by atoms with Gasteiger partial charge in [0, 0.05) is 4.90 Å². The van der Waals surface area contributed by atoms with Crippen LogP contribution in [0.2, 0.25) is 0 Å². The number of amides is 1. The van der Waals surface area contributed by atoms with Crippen molar-refractivity contribution in [2.24, 2.45) is 0 Å². The van der Waals surface area contributed by atoms with Gasteiger partial charge in [-0.3, -0.25) is 10.1 Å². The predicted molar refractivity (Wildman–Crippen MR) is 95.0 cm³/mol. The number of nitrogens with one attached hydrogen (secondary N) is 1. The van der Waals surface area contributed by atoms with Crippen LogP contribution in [0.25, 0.3) is 0 Å². The molecule has 7 heteroatoms. The molecule has 1 heterocycles. The van der Waals surface area contributed by atoms with E-state index in [-0.39, 0.29) is 17.6 Å². The Balaban J connectivity index is 1.93. The molecule has 1 aromatic heterocycles. The maximum absolute atomic E-state index is 12.1. The lowest BCUT2D eigenvalue weighted by Gasteiger charge is -2.08. The van der Waals surface area contributed by atoms with Crippen LogP contribution in [0.3, 0.4) is 0 Å². The van der Waals surface area contributed by atoms with Crippen LogP contribution in [0.15, 0.2) is 35.2 Å². The van der Waals surface area contributed by atoms with Crippen molar-refractivity contribution in [3.8, 4) is 11.8 Å². The van der Waals surface area contributed by atoms with Gasteiger partial charge in [0.05, 0.1) is 26.0 Å². The Hall–Kier alpha value is -2.28. The number of rotatable bonds is 7. The summed E-state index contributed by atoms with van der Waals surface area (Å²) < 4.78 is 10.1. The highest BCUT2D eigenvalue weighted by molar-refractivity contribution is 8.00. The van der Waals surface area contributed by atoms with Crippen molar-refractivity contribution >= 4 is 23.6 Å². The number of benzene rings is 1. The Bertz CT molecular complexity index is 668. The number of thioether (sulfide) groups is 1. The molecule has 0 atom stereocenters. The van der Waals surface area contributed by atoms with Gasteiger partial charge < -0.3 is 9.47 Å². The lowest BCUT2D eigenvalue weighted by atomic mass is 10.0. The van der Waals surface area contributed by atoms with Crippen LogP contribution in [0.5, 0.6) is 11.8 Å². The topological polar surface area (TPSA) is 73.3 Å². The summed E-state index contributed by atoms with van der Waals surface area (Å²) in [6, 6.07) is 9.76. The molecule has 0 bridgehead atoms. The number of carbonyl (C=O) groups is 1. The third-order valence-corrected chi connectivity index (χ3v) is 4.28. The number of methoxy groups -OCH3 is 2. The van der Waals surface area contributed by atoms with Gasteiger partial charge in [-0.15, -0.1) is 11.8 Å². The fourth-order valence-corrected chi connectivity index (χ4v) is 2.63. The predicted octanol–water partition coefficient (Wildman–Crippen LogP) is 3.35. The van der Waals surface area contributed by atoms with Gasteiger partial charge in [-0.2, -0.15) is 9.97 Å². The van der Waals surface area contributed by atoms with Crippen LogP contribution in [0.1, 0.15) is 25.3 Å². The molecule has 24 heavy (non-hydrogen) atoms. The third kappa shape index (κ3) is 5.13. The van der Waals surface area contributed by atoms with Crippen LogP contribution in [0, 0.1) is 0 Å². The van der Waals surface area contributed by atoms with E-state index in [1.54, 1.807) is 6.07 Å². The number of nitrogens with zero attached hydrogens (tertiary/aromatic N) is 2. The van der Waals surface area contributed by atoms with E-state index < -0.39 is 0 Å². The SMILES string of the molecule is COc1cc(OC)nc(NC(=O)CSc2ccc(C(C)C)cc2)n1. The first-order valence-electron chi connectivity index (χ1n) is 7.51. The molecule has 6 nitrogen and oxygen atoms in total. The molecular formula is C17H21N3O3S. The van der Waals surface area contributed by atoms with Crippen LogP contribution < -0.4 is 14.8 Å². The van der Waals surface area contributed by atoms with E-state index in [0.29, 0.717) is 17.7 Å². The summed E-state index contributed by atoms with van der Waals surface area (Å²) in [6.45, 7) is 4.30. The van der Waals surface area contributed by atoms with Gasteiger partial charge in [-0.25, -0.2) is 0 Å². The number of hydrogen-bond acceptors (Lipinski definition) is 6. The van der Waals surface area contributed by atoms with Crippen LogP contribution in [-0.2, 0) is 4.79 Å². The number of anilines is 1. The fourth-order valence-electron chi connectivity index (χ4n) is 1.93. The second-order valence-electron chi connectivity index (χ2n) is 5.34. The quantitative estimate of drug-likeness (QED) is 0.774. The molecule has 0 fully saturated rings. The van der Waals surface area contributed by atoms with Crippen LogP contribution in [0.4, 0.5) is 5.95 Å². The molecule has 0 aliphatic carbocycles. The Morgan fingerprint density at radius 3 is 2.21 bits per heavy atom. The van der Waals surface area contributed by atoms with Crippen LogP contribution in [-0.4, -0.2) is 35.8 Å². The first-order valence-corrected chi connectivity index (χ1v) is 8.50. The molecule has 0 unspecified atom stereocenters. The first-order chi connectivity index (χ1) is 11.5. The highest BCUT2D eigenvalue weighted by Gasteiger charge is 2.10. The average Bonchev–Trinajstić information content (AvgIpc) is 2.59. The summed E-state index contributed by atoms with van der Waals surface area (Å²) in [4.78, 5) is 21.2. The molecule has 0 saturated heterocycles. The van der Waals surface area contributed by atoms with Crippen molar-refractivity contribution in [1.82, 2.24) is 9.97 Å². The van der Waals surface area contributed by atoms with E-state index >= 15 is 0 Å². The zero-order valence-electron chi connectivity index (χ0n) is 14.2. The fraction of sp³-hybridized carbons (Fsp3) is 0.353. The number of ether oxygens (including phenoxy) is 2. The lowest BCUT2D eigenvalue weighted by molar-refractivity contribution is -0.113. The zero-order chi connectivity index (χ0) is 17.5. The molecule has 0 radical (unpaired) electrons. The van der Waals surface area contributed by atoms with Crippen molar-refractivity contribution in [1.29, 1.82) is 0 Å². The summed E-state index contributed by atoms with van der Waals surface area (Å²) >= 11 is 1.46. The Kier molecular flexibility index (Phi) is 6.43. The summed E-state index contributed by atoms with van der Waals surface area (Å²) in [5.74, 6) is 1.38. The van der Waals surface area contributed by atoms with Crippen LogP contribution >= 0.6 is 11.8 Å². The first kappa shape index (κ1) is 18.1. The highest BCUT2D eigenvalue weighted by Crippen LogP contribution is 2.22. The van der Waals surface area contributed by atoms with Crippen molar-refractivity contribution in [3.05, 3.63) is 35.9 Å². The Morgan fingerprint density at radius 1 is 1.12 bits per heavy atom. The maximum atomic E-state index is 12.1. The number of aromatic nitrogens is 2. The largest absolute Gasteiger partial charge is 0.481 e. The van der Waals surface area contributed by atoms with Gasteiger partial charge in [-0.05, 0) is 23.6 Å². The van der Waals surface area contributed by atoms with Crippen molar-refractivity contribution in [3.63, 3.8) is 0 Å². The molecule has 1 aromatic carbocycles. The Morgan fingerprint density at radius 2 is 1.71 bits per heavy atom. The van der Waals surface area contributed by atoms with Gasteiger partial charge in [0.15, 0.2) is 0 Å². The molecule has 0 spiro atoms. The molecule has 128 valence electrons. The Labute approximate surface area is 146 Å². The van der Waals surface area contributed by atoms with Gasteiger partial charge in [0.2, 0.25) is 23.6 Å². The van der Waals surface area contributed by atoms with E-state index in [0.717, 1.165) is 4.90 Å². The van der Waals surface area contributed by atoms with E-state index in [9.17, 15) is 4.79 Å². The summed E-state index contributed by atoms with van der Waals surface area (Å²) in [7, 11) is 2.98. The second-order valence-corrected chi connectivity index (χ2v) is 6.39. The van der Waals surface area contributed by atoms with Crippen molar-refractivity contribution < 1.29 is 14.3 Å². The molecule has 1 N–H and O–H groups in total. The molecule has 2 aromatic rings. The van der Waals surface area contributed by atoms with E-state index in [4.69, 9.17) is 9.47 Å². The molecular weight excluding hydrogens is 326 g/mol. The van der Waals surface area contributed by atoms with E-state index in [1.807, 2.05) is 12.1 Å². The lowest BCUT2D eigenvalue weighted by Crippen LogP contribution is -2.16. The standard InChI is InChI=1S/C17H21N3O3S/c1-11(2)12-5-7-13(8-6-12)24-10-14(21)18-17-19-15(22-3)9-16(20-17)23-4/h5-9,11H,10H2,1-4H3,(H,18,19,20,21). The van der Waals surface area contributed by atoms with E-state index in [1.165, 1.54) is 31.5 Å². The number of hydrogen-bond donors (Lipinski definition) is 1. The molecule has 2 rings (SSSR count). The van der Waals surface area contributed by atoms with Gasteiger partial charge in [-0.1, -0.05) is 26.0 Å². The minimum absolute atomic E-state index is 0.159. The van der Waals surface area contributed by atoms with E-state index in [2.05, 4.69) is 41.3 Å². The van der Waals surface area contributed by atoms with Crippen molar-refractivity contribution in [2.75, 3.05) is 25.3 Å². The molecule has 1 amide bonds. The normalized spacial score (nSPS) is 10.5. The smallest absolute Gasteiger partial charge is 0.237 e. The third-order valence-electron chi connectivity index (χ3n) is 3.27. The van der Waals surface area contributed by atoms with Gasteiger partial charge >= 0.3 is 0 Å². The summed E-state index contributed by atoms with van der Waals surface area (Å²) in [6.07, 6.45) is 0. The minimum atomic E-state index is -0.191. The highest BCUT2D eigenvalue weighted by atomic mass is 32.2. The van der Waals surface area contributed by atoms with Crippen molar-refractivity contribution in [2.45, 2.75) is 24.7 Å². The second kappa shape index (κ2) is 8.54. The average molecular weight is 347 g/mol. The molecule has 0 aliphatic heterocycles. The van der Waals surface area contributed by atoms with Gasteiger partial charge in [0.1, 0.15) is 0 Å². The minimum Gasteiger partial charge on any atom is -0.481 e. The zero-order valence-corrected chi connectivity index (χ0v) is 15.0. The molecule has 0 aliphatic rings. The van der Waals surface area contributed by atoms with Gasteiger partial charge in [0.25, 0.3) is 0 Å². The number of carbonyl (C=O) groups excluding carboxylic acids is 1. The summed E-state index contributed by atoms with van der Waals surface area (Å²) in [5.41, 5.74) is 1.28. The molecule has 0 saturated carbocycles. The monoisotopic (exact) mass is 347 g/mol. The maximum Gasteiger partial charge on any atom is 0.237 e.